The summed E-state index contributed by atoms with van der Waals surface area (Å²) in [6.07, 6.45) is 0.664. The summed E-state index contributed by atoms with van der Waals surface area (Å²) in [5.41, 5.74) is 7.24. The van der Waals surface area contributed by atoms with E-state index in [1.54, 1.807) is 12.1 Å². The zero-order valence-electron chi connectivity index (χ0n) is 17.8. The first-order valence-electron chi connectivity index (χ1n) is 9.99. The molecule has 0 bridgehead atoms. The van der Waals surface area contributed by atoms with Crippen LogP contribution >= 0.6 is 11.3 Å². The number of non-ortho nitro benzene ring substituents is 1. The number of nitrogens with zero attached hydrogens (tertiary/aromatic N) is 4. The maximum Gasteiger partial charge on any atom is 0.324 e. The molecule has 0 saturated heterocycles. The Hall–Kier alpha value is -4.04. The SMILES string of the molecule is CC1(C)CC(=O)C2=C(C1)N(c1cccc([N+](=O)[O-])c1)C(N)=C(C#N)[C@H]2c1ccc([N+](=O)[O-])s1. The van der Waals surface area contributed by atoms with Crippen LogP contribution in [0.5, 0.6) is 0 Å². The second-order valence-corrected chi connectivity index (χ2v) is 9.78. The lowest BCUT2D eigenvalue weighted by Gasteiger charge is -2.43. The number of anilines is 1. The van der Waals surface area contributed by atoms with Gasteiger partial charge in [-0.05, 0) is 24.0 Å². The second kappa shape index (κ2) is 7.83. The van der Waals surface area contributed by atoms with Crippen molar-refractivity contribution >= 4 is 33.5 Å². The highest BCUT2D eigenvalue weighted by Gasteiger charge is 2.45. The molecule has 0 amide bonds. The van der Waals surface area contributed by atoms with Gasteiger partial charge in [0.2, 0.25) is 0 Å². The van der Waals surface area contributed by atoms with Crippen LogP contribution < -0.4 is 10.6 Å². The lowest BCUT2D eigenvalue weighted by molar-refractivity contribution is -0.384. The molecule has 0 spiro atoms. The predicted molar refractivity (Wildman–Crippen MR) is 121 cm³/mol. The molecule has 10 nitrogen and oxygen atoms in total. The third-order valence-corrected chi connectivity index (χ3v) is 6.86. The van der Waals surface area contributed by atoms with Gasteiger partial charge < -0.3 is 5.73 Å². The Morgan fingerprint density at radius 3 is 2.52 bits per heavy atom. The molecule has 168 valence electrons. The van der Waals surface area contributed by atoms with Crippen molar-refractivity contribution in [3.8, 4) is 6.07 Å². The minimum absolute atomic E-state index is 0.0447. The van der Waals surface area contributed by atoms with Crippen molar-refractivity contribution in [1.82, 2.24) is 0 Å². The van der Waals surface area contributed by atoms with E-state index in [9.17, 15) is 30.3 Å². The molecule has 1 aromatic heterocycles. The lowest BCUT2D eigenvalue weighted by atomic mass is 9.69. The number of benzene rings is 1. The average molecular weight is 465 g/mol. The van der Waals surface area contributed by atoms with E-state index in [-0.39, 0.29) is 34.3 Å². The summed E-state index contributed by atoms with van der Waals surface area (Å²) in [7, 11) is 0. The van der Waals surface area contributed by atoms with Crippen LogP contribution in [0.4, 0.5) is 16.4 Å². The number of nitriles is 1. The second-order valence-electron chi connectivity index (χ2n) is 8.69. The molecule has 1 atom stereocenters. The highest BCUT2D eigenvalue weighted by Crippen LogP contribution is 2.51. The first-order valence-corrected chi connectivity index (χ1v) is 10.8. The Kier molecular flexibility index (Phi) is 5.26. The number of hydrogen-bond donors (Lipinski definition) is 1. The maximum atomic E-state index is 13.4. The maximum absolute atomic E-state index is 13.4. The zero-order valence-corrected chi connectivity index (χ0v) is 18.6. The summed E-state index contributed by atoms with van der Waals surface area (Å²) in [6.45, 7) is 3.87. The van der Waals surface area contributed by atoms with Crippen LogP contribution in [0.3, 0.4) is 0 Å². The predicted octanol–water partition coefficient (Wildman–Crippen LogP) is 4.51. The average Bonchev–Trinajstić information content (AvgIpc) is 3.22. The van der Waals surface area contributed by atoms with E-state index in [0.29, 0.717) is 28.3 Å². The summed E-state index contributed by atoms with van der Waals surface area (Å²) in [5.74, 6) is -0.969. The van der Waals surface area contributed by atoms with Crippen LogP contribution in [-0.4, -0.2) is 15.6 Å². The summed E-state index contributed by atoms with van der Waals surface area (Å²) < 4.78 is 0. The number of carbonyl (C=O) groups excluding carboxylic acids is 1. The highest BCUT2D eigenvalue weighted by molar-refractivity contribution is 7.15. The van der Waals surface area contributed by atoms with Crippen LogP contribution in [0.15, 0.2) is 59.1 Å². The summed E-state index contributed by atoms with van der Waals surface area (Å²) in [6, 6.07) is 10.8. The molecule has 2 aromatic rings. The first kappa shape index (κ1) is 22.2. The van der Waals surface area contributed by atoms with E-state index in [4.69, 9.17) is 5.73 Å². The molecule has 1 aliphatic carbocycles. The molecular formula is C22H19N5O5S. The van der Waals surface area contributed by atoms with Crippen molar-refractivity contribution in [3.05, 3.63) is 84.2 Å². The summed E-state index contributed by atoms with van der Waals surface area (Å²) in [5, 5.41) is 32.5. The smallest absolute Gasteiger partial charge is 0.324 e. The molecule has 33 heavy (non-hydrogen) atoms. The summed E-state index contributed by atoms with van der Waals surface area (Å²) in [4.78, 5) is 36.9. The van der Waals surface area contributed by atoms with E-state index >= 15 is 0 Å². The standard InChI is InChI=1S/C22H19N5O5S/c1-22(2)9-15-20(16(28)10-22)19(17-6-7-18(33-17)27(31)32)14(11-23)21(24)25(15)12-4-3-5-13(8-12)26(29)30/h3-8,19H,9-10,24H2,1-2H3/t19-/m0/s1. The van der Waals surface area contributed by atoms with E-state index in [0.717, 1.165) is 11.3 Å². The number of hydrogen-bond acceptors (Lipinski definition) is 9. The fourth-order valence-electron chi connectivity index (χ4n) is 4.43. The first-order chi connectivity index (χ1) is 15.5. The van der Waals surface area contributed by atoms with Gasteiger partial charge in [0.15, 0.2) is 5.78 Å². The van der Waals surface area contributed by atoms with Crippen molar-refractivity contribution in [2.45, 2.75) is 32.6 Å². The van der Waals surface area contributed by atoms with Gasteiger partial charge in [0.25, 0.3) is 5.69 Å². The van der Waals surface area contributed by atoms with Crippen LogP contribution in [0, 0.1) is 37.0 Å². The Bertz CT molecular complexity index is 1320. The molecule has 11 heteroatoms. The van der Waals surface area contributed by atoms with Gasteiger partial charge in [-0.1, -0.05) is 31.3 Å². The number of nitrogens with two attached hydrogens (primary N) is 1. The molecule has 0 unspecified atom stereocenters. The molecule has 0 fully saturated rings. The van der Waals surface area contributed by atoms with Gasteiger partial charge in [0, 0.05) is 40.8 Å². The van der Waals surface area contributed by atoms with E-state index in [1.165, 1.54) is 29.2 Å². The molecule has 0 radical (unpaired) electrons. The fraction of sp³-hybridized carbons (Fsp3) is 0.273. The highest BCUT2D eigenvalue weighted by atomic mass is 32.1. The molecule has 2 aliphatic rings. The molecule has 0 saturated carbocycles. The molecule has 1 aliphatic heterocycles. The van der Waals surface area contributed by atoms with Gasteiger partial charge >= 0.3 is 5.00 Å². The number of rotatable bonds is 4. The van der Waals surface area contributed by atoms with Gasteiger partial charge in [0.1, 0.15) is 5.82 Å². The van der Waals surface area contributed by atoms with Crippen molar-refractivity contribution in [2.24, 2.45) is 11.1 Å². The quantitative estimate of drug-likeness (QED) is 0.510. The number of thiophene rings is 1. The number of carbonyl (C=O) groups is 1. The van der Waals surface area contributed by atoms with Gasteiger partial charge in [0.05, 0.1) is 33.1 Å². The van der Waals surface area contributed by atoms with Gasteiger partial charge in [-0.2, -0.15) is 5.26 Å². The summed E-state index contributed by atoms with van der Waals surface area (Å²) >= 11 is 0.896. The Balaban J connectivity index is 1.99. The Morgan fingerprint density at radius 2 is 1.91 bits per heavy atom. The van der Waals surface area contributed by atoms with Crippen molar-refractivity contribution in [1.29, 1.82) is 5.26 Å². The van der Waals surface area contributed by atoms with Crippen molar-refractivity contribution < 1.29 is 14.6 Å². The molecule has 2 heterocycles. The van der Waals surface area contributed by atoms with Crippen LogP contribution in [-0.2, 0) is 4.79 Å². The monoisotopic (exact) mass is 465 g/mol. The van der Waals surface area contributed by atoms with Gasteiger partial charge in [-0.25, -0.2) is 0 Å². The molecule has 2 N–H and O–H groups in total. The van der Waals surface area contributed by atoms with Crippen LogP contribution in [0.1, 0.15) is 37.5 Å². The van der Waals surface area contributed by atoms with E-state index < -0.39 is 21.2 Å². The minimum atomic E-state index is -0.831. The number of Topliss-reactive ketones (excluding diaryl/α,β-unsaturated/α-hetero) is 1. The zero-order chi connectivity index (χ0) is 24.1. The van der Waals surface area contributed by atoms with E-state index in [1.807, 2.05) is 13.8 Å². The van der Waals surface area contributed by atoms with Gasteiger partial charge in [-0.3, -0.25) is 29.9 Å². The molecule has 4 rings (SSSR count). The lowest BCUT2D eigenvalue weighted by Crippen LogP contribution is -2.42. The fourth-order valence-corrected chi connectivity index (χ4v) is 5.37. The third-order valence-electron chi connectivity index (χ3n) is 5.76. The van der Waals surface area contributed by atoms with Gasteiger partial charge in [-0.15, -0.1) is 0 Å². The molecule has 1 aromatic carbocycles. The third kappa shape index (κ3) is 3.74. The minimum Gasteiger partial charge on any atom is -0.384 e. The Labute approximate surface area is 192 Å². The van der Waals surface area contributed by atoms with Crippen LogP contribution in [0.25, 0.3) is 0 Å². The number of nitro benzene ring substituents is 1. The molecular weight excluding hydrogens is 446 g/mol. The number of ketones is 1. The number of nitro groups is 2. The normalized spacial score (nSPS) is 19.8. The van der Waals surface area contributed by atoms with E-state index in [2.05, 4.69) is 6.07 Å². The van der Waals surface area contributed by atoms with Crippen molar-refractivity contribution in [2.75, 3.05) is 4.90 Å². The van der Waals surface area contributed by atoms with Crippen molar-refractivity contribution in [3.63, 3.8) is 0 Å². The van der Waals surface area contributed by atoms with Crippen LogP contribution in [0.2, 0.25) is 0 Å². The Morgan fingerprint density at radius 1 is 1.18 bits per heavy atom. The largest absolute Gasteiger partial charge is 0.384 e. The topological polar surface area (TPSA) is 156 Å². The number of allylic oxidation sites excluding steroid dienone is 3.